The molecule has 0 fully saturated rings. The zero-order valence-corrected chi connectivity index (χ0v) is 9.11. The first-order chi connectivity index (χ1) is 5.74. The normalized spacial score (nSPS) is 8.08. The highest BCUT2D eigenvalue weighted by Crippen LogP contribution is 2.20. The Hall–Kier alpha value is -0.770. The van der Waals surface area contributed by atoms with E-state index in [-0.39, 0.29) is 0 Å². The largest absolute Gasteiger partial charge is 0.183 e. The summed E-state index contributed by atoms with van der Waals surface area (Å²) in [6.45, 7) is 0. The quantitative estimate of drug-likeness (QED) is 0.672. The molecule has 12 heavy (non-hydrogen) atoms. The number of hydrogen-bond donors (Lipinski definition) is 0. The lowest BCUT2D eigenvalue weighted by Gasteiger charge is -1.95. The van der Waals surface area contributed by atoms with Crippen LogP contribution in [0.5, 0.6) is 0 Å². The van der Waals surface area contributed by atoms with Crippen LogP contribution in [0.1, 0.15) is 5.56 Å². The predicted molar refractivity (Wildman–Crippen MR) is 54.3 cm³/mol. The SMILES string of the molecule is N#CC#Cc1ccc(Br)cc1Br. The average Bonchev–Trinajstić information content (AvgIpc) is 2.03. The maximum Gasteiger partial charge on any atom is 0.152 e. The van der Waals surface area contributed by atoms with Crippen LogP contribution in [0.2, 0.25) is 0 Å². The Morgan fingerprint density at radius 3 is 2.58 bits per heavy atom. The molecule has 1 aromatic rings. The third-order valence-corrected chi connectivity index (χ3v) is 2.33. The van der Waals surface area contributed by atoms with Crippen molar-refractivity contribution in [3.05, 3.63) is 32.7 Å². The van der Waals surface area contributed by atoms with Crippen LogP contribution in [0.15, 0.2) is 27.1 Å². The summed E-state index contributed by atoms with van der Waals surface area (Å²) in [5.74, 6) is 5.05. The van der Waals surface area contributed by atoms with Crippen molar-refractivity contribution in [1.82, 2.24) is 0 Å². The summed E-state index contributed by atoms with van der Waals surface area (Å²) in [5, 5.41) is 8.22. The van der Waals surface area contributed by atoms with Gasteiger partial charge in [0.2, 0.25) is 0 Å². The number of nitriles is 1. The van der Waals surface area contributed by atoms with Crippen molar-refractivity contribution in [1.29, 1.82) is 5.26 Å². The van der Waals surface area contributed by atoms with E-state index < -0.39 is 0 Å². The third-order valence-electron chi connectivity index (χ3n) is 1.18. The highest BCUT2D eigenvalue weighted by atomic mass is 79.9. The molecule has 0 unspecified atom stereocenters. The zero-order chi connectivity index (χ0) is 8.97. The van der Waals surface area contributed by atoms with Crippen molar-refractivity contribution in [3.63, 3.8) is 0 Å². The molecule has 0 aliphatic rings. The smallest absolute Gasteiger partial charge is 0.152 e. The van der Waals surface area contributed by atoms with Crippen LogP contribution < -0.4 is 0 Å². The van der Waals surface area contributed by atoms with Gasteiger partial charge >= 0.3 is 0 Å². The van der Waals surface area contributed by atoms with Crippen molar-refractivity contribution in [2.45, 2.75) is 0 Å². The van der Waals surface area contributed by atoms with Gasteiger partial charge in [-0.2, -0.15) is 5.26 Å². The number of benzene rings is 1. The van der Waals surface area contributed by atoms with Crippen molar-refractivity contribution < 1.29 is 0 Å². The fourth-order valence-corrected chi connectivity index (χ4v) is 1.83. The van der Waals surface area contributed by atoms with Gasteiger partial charge < -0.3 is 0 Å². The summed E-state index contributed by atoms with van der Waals surface area (Å²) in [6.07, 6.45) is 0. The first-order valence-corrected chi connectivity index (χ1v) is 4.68. The molecule has 0 heterocycles. The maximum atomic E-state index is 8.22. The average molecular weight is 285 g/mol. The van der Waals surface area contributed by atoms with Gasteiger partial charge in [0, 0.05) is 20.4 Å². The fourth-order valence-electron chi connectivity index (χ4n) is 0.686. The summed E-state index contributed by atoms with van der Waals surface area (Å²) in [7, 11) is 0. The molecular weight excluding hydrogens is 282 g/mol. The molecule has 0 radical (unpaired) electrons. The lowest BCUT2D eigenvalue weighted by Crippen LogP contribution is -1.76. The molecule has 58 valence electrons. The number of halogens is 2. The summed E-state index contributed by atoms with van der Waals surface area (Å²) < 4.78 is 1.87. The van der Waals surface area contributed by atoms with E-state index in [0.717, 1.165) is 14.5 Å². The molecule has 0 saturated carbocycles. The van der Waals surface area contributed by atoms with Gasteiger partial charge in [-0.1, -0.05) is 15.9 Å². The Morgan fingerprint density at radius 2 is 2.00 bits per heavy atom. The summed E-state index contributed by atoms with van der Waals surface area (Å²) in [5.41, 5.74) is 0.819. The molecule has 1 aromatic carbocycles. The topological polar surface area (TPSA) is 23.8 Å². The van der Waals surface area contributed by atoms with Crippen LogP contribution in [-0.4, -0.2) is 0 Å². The van der Waals surface area contributed by atoms with Gasteiger partial charge in [0.15, 0.2) is 6.07 Å². The summed E-state index contributed by atoms with van der Waals surface area (Å²) in [4.78, 5) is 0. The zero-order valence-electron chi connectivity index (χ0n) is 5.94. The first-order valence-electron chi connectivity index (χ1n) is 3.09. The molecule has 1 rings (SSSR count). The van der Waals surface area contributed by atoms with E-state index >= 15 is 0 Å². The Labute approximate surface area is 87.7 Å². The Balaban J connectivity index is 3.12. The lowest BCUT2D eigenvalue weighted by atomic mass is 10.2. The van der Waals surface area contributed by atoms with Gasteiger partial charge in [-0.15, -0.1) is 0 Å². The Kier molecular flexibility index (Phi) is 3.34. The van der Waals surface area contributed by atoms with Crippen LogP contribution in [-0.2, 0) is 0 Å². The maximum absolute atomic E-state index is 8.22. The van der Waals surface area contributed by atoms with Gasteiger partial charge in [0.25, 0.3) is 0 Å². The number of rotatable bonds is 0. The molecule has 0 atom stereocenters. The van der Waals surface area contributed by atoms with E-state index in [4.69, 9.17) is 5.26 Å². The van der Waals surface area contributed by atoms with Gasteiger partial charge in [0.05, 0.1) is 0 Å². The van der Waals surface area contributed by atoms with Crippen LogP contribution in [0.25, 0.3) is 0 Å². The molecule has 0 amide bonds. The van der Waals surface area contributed by atoms with E-state index in [1.807, 2.05) is 18.2 Å². The van der Waals surface area contributed by atoms with E-state index in [9.17, 15) is 0 Å². The molecule has 1 nitrogen and oxygen atoms in total. The monoisotopic (exact) mass is 283 g/mol. The van der Waals surface area contributed by atoms with Gasteiger partial charge in [-0.25, -0.2) is 0 Å². The second-order valence-electron chi connectivity index (χ2n) is 1.99. The third kappa shape index (κ3) is 2.37. The molecule has 0 aliphatic heterocycles. The molecule has 3 heteroatoms. The van der Waals surface area contributed by atoms with Gasteiger partial charge in [-0.05, 0) is 40.0 Å². The van der Waals surface area contributed by atoms with Crippen molar-refractivity contribution in [2.75, 3.05) is 0 Å². The fraction of sp³-hybridized carbons (Fsp3) is 0. The van der Waals surface area contributed by atoms with Crippen molar-refractivity contribution in [2.24, 2.45) is 0 Å². The van der Waals surface area contributed by atoms with Crippen LogP contribution >= 0.6 is 31.9 Å². The molecule has 0 saturated heterocycles. The predicted octanol–water partition coefficient (Wildman–Crippen LogP) is 3.09. The van der Waals surface area contributed by atoms with Crippen LogP contribution in [0.3, 0.4) is 0 Å². The Morgan fingerprint density at radius 1 is 1.25 bits per heavy atom. The second-order valence-corrected chi connectivity index (χ2v) is 3.76. The first kappa shape index (κ1) is 9.32. The minimum atomic E-state index is 0.819. The molecule has 0 aromatic heterocycles. The van der Waals surface area contributed by atoms with Crippen molar-refractivity contribution in [3.8, 4) is 17.9 Å². The molecule has 0 N–H and O–H groups in total. The minimum absolute atomic E-state index is 0.819. The van der Waals surface area contributed by atoms with Gasteiger partial charge in [0.1, 0.15) is 0 Å². The van der Waals surface area contributed by atoms with Crippen LogP contribution in [0.4, 0.5) is 0 Å². The van der Waals surface area contributed by atoms with E-state index in [1.54, 1.807) is 6.07 Å². The van der Waals surface area contributed by atoms with Crippen molar-refractivity contribution >= 4 is 31.9 Å². The number of hydrogen-bond acceptors (Lipinski definition) is 1. The van der Waals surface area contributed by atoms with E-state index in [0.29, 0.717) is 0 Å². The minimum Gasteiger partial charge on any atom is -0.183 e. The molecular formula is C9H3Br2N. The van der Waals surface area contributed by atoms with E-state index in [2.05, 4.69) is 43.7 Å². The summed E-state index contributed by atoms with van der Waals surface area (Å²) >= 11 is 6.66. The van der Waals surface area contributed by atoms with E-state index in [1.165, 1.54) is 0 Å². The molecule has 0 bridgehead atoms. The molecule has 0 spiro atoms. The second kappa shape index (κ2) is 4.30. The Bertz CT molecular complexity index is 393. The number of nitrogens with zero attached hydrogens (tertiary/aromatic N) is 1. The highest BCUT2D eigenvalue weighted by molar-refractivity contribution is 9.11. The lowest BCUT2D eigenvalue weighted by molar-refractivity contribution is 1.54. The van der Waals surface area contributed by atoms with Crippen LogP contribution in [0, 0.1) is 23.2 Å². The molecule has 0 aliphatic carbocycles. The summed E-state index contributed by atoms with van der Waals surface area (Å²) in [6, 6.07) is 7.38. The highest BCUT2D eigenvalue weighted by Gasteiger charge is 1.95. The van der Waals surface area contributed by atoms with Gasteiger partial charge in [-0.3, -0.25) is 0 Å². The standard InChI is InChI=1S/C9H3Br2N/c10-8-4-3-7(2-1-5-12)9(11)6-8/h3-4,6H.